The van der Waals surface area contributed by atoms with E-state index in [0.717, 1.165) is 12.8 Å². The second kappa shape index (κ2) is 7.14. The molecule has 0 fully saturated rings. The van der Waals surface area contributed by atoms with E-state index in [4.69, 9.17) is 11.2 Å². The van der Waals surface area contributed by atoms with Crippen LogP contribution in [0.4, 0.5) is 0 Å². The highest BCUT2D eigenvalue weighted by Crippen LogP contribution is 1.93. The van der Waals surface area contributed by atoms with Crippen molar-refractivity contribution < 1.29 is 9.53 Å². The molecule has 0 atom stereocenters. The third-order valence-electron chi connectivity index (χ3n) is 1.23. The van der Waals surface area contributed by atoms with Crippen molar-refractivity contribution in [3.05, 3.63) is 0 Å². The first kappa shape index (κ1) is 10.0. The quantitative estimate of drug-likeness (QED) is 0.342. The number of unbranched alkanes of at least 4 members (excludes halogenated alkanes) is 1. The van der Waals surface area contributed by atoms with Gasteiger partial charge in [-0.1, -0.05) is 13.3 Å². The highest BCUT2D eigenvalue weighted by atomic mass is 16.5. The van der Waals surface area contributed by atoms with Crippen LogP contribution in [-0.4, -0.2) is 12.6 Å². The van der Waals surface area contributed by atoms with Crippen LogP contribution in [0, 0.1) is 12.3 Å². The zero-order valence-corrected chi connectivity index (χ0v) is 6.93. The zero-order valence-electron chi connectivity index (χ0n) is 6.93. The van der Waals surface area contributed by atoms with Gasteiger partial charge in [-0.3, -0.25) is 4.79 Å². The van der Waals surface area contributed by atoms with E-state index >= 15 is 0 Å². The molecule has 0 aliphatic carbocycles. The minimum Gasteiger partial charge on any atom is -0.466 e. The third kappa shape index (κ3) is 6.92. The van der Waals surface area contributed by atoms with Crippen LogP contribution in [0.1, 0.15) is 32.6 Å². The fraction of sp³-hybridized carbons (Fsp3) is 0.667. The molecule has 0 aromatic rings. The number of hydrogen-bond acceptors (Lipinski definition) is 2. The molecule has 0 radical (unpaired) electrons. The SMILES string of the molecule is C#CCCC(=O)OCCCC. The molecule has 0 bridgehead atoms. The molecular formula is C9H14O2. The van der Waals surface area contributed by atoms with Gasteiger partial charge in [-0.15, -0.1) is 12.3 Å². The Kier molecular flexibility index (Phi) is 6.51. The van der Waals surface area contributed by atoms with Crippen LogP contribution in [0.25, 0.3) is 0 Å². The molecule has 0 aliphatic rings. The van der Waals surface area contributed by atoms with Gasteiger partial charge in [-0.25, -0.2) is 0 Å². The molecule has 0 heterocycles. The van der Waals surface area contributed by atoms with Gasteiger partial charge >= 0.3 is 5.97 Å². The predicted octanol–water partition coefficient (Wildman–Crippen LogP) is 1.74. The fourth-order valence-electron chi connectivity index (χ4n) is 0.577. The maximum atomic E-state index is 10.8. The summed E-state index contributed by atoms with van der Waals surface area (Å²) in [5.74, 6) is 2.20. The molecule has 0 unspecified atom stereocenters. The average Bonchev–Trinajstić information content (AvgIpc) is 2.01. The molecule has 0 saturated carbocycles. The van der Waals surface area contributed by atoms with E-state index in [1.807, 2.05) is 0 Å². The first-order valence-corrected chi connectivity index (χ1v) is 3.90. The summed E-state index contributed by atoms with van der Waals surface area (Å²) in [6.45, 7) is 2.58. The Morgan fingerprint density at radius 1 is 1.64 bits per heavy atom. The van der Waals surface area contributed by atoms with Gasteiger partial charge in [-0.2, -0.15) is 0 Å². The smallest absolute Gasteiger partial charge is 0.306 e. The van der Waals surface area contributed by atoms with Crippen molar-refractivity contribution >= 4 is 5.97 Å². The van der Waals surface area contributed by atoms with E-state index in [2.05, 4.69) is 12.8 Å². The third-order valence-corrected chi connectivity index (χ3v) is 1.23. The Bertz CT molecular complexity index is 144. The van der Waals surface area contributed by atoms with Crippen LogP contribution in [0.3, 0.4) is 0 Å². The minimum absolute atomic E-state index is 0.184. The van der Waals surface area contributed by atoms with E-state index in [1.165, 1.54) is 0 Å². The lowest BCUT2D eigenvalue weighted by atomic mass is 10.3. The van der Waals surface area contributed by atoms with Crippen LogP contribution in [-0.2, 0) is 9.53 Å². The summed E-state index contributed by atoms with van der Waals surface area (Å²) in [6, 6.07) is 0. The number of hydrogen-bond donors (Lipinski definition) is 0. The number of carbonyl (C=O) groups excluding carboxylic acids is 1. The van der Waals surface area contributed by atoms with E-state index in [1.54, 1.807) is 0 Å². The second-order valence-electron chi connectivity index (χ2n) is 2.28. The first-order chi connectivity index (χ1) is 5.31. The molecule has 0 aromatic heterocycles. The topological polar surface area (TPSA) is 26.3 Å². The summed E-state index contributed by atoms with van der Waals surface area (Å²) >= 11 is 0. The minimum atomic E-state index is -0.184. The Morgan fingerprint density at radius 3 is 2.91 bits per heavy atom. The molecule has 2 nitrogen and oxygen atoms in total. The van der Waals surface area contributed by atoms with Gasteiger partial charge in [0.15, 0.2) is 0 Å². The molecule has 0 saturated heterocycles. The average molecular weight is 154 g/mol. The zero-order chi connectivity index (χ0) is 8.53. The van der Waals surface area contributed by atoms with Gasteiger partial charge in [0.1, 0.15) is 0 Å². The number of ether oxygens (including phenoxy) is 1. The summed E-state index contributed by atoms with van der Waals surface area (Å²) in [6.07, 6.45) is 7.77. The van der Waals surface area contributed by atoms with Gasteiger partial charge < -0.3 is 4.74 Å². The summed E-state index contributed by atoms with van der Waals surface area (Å²) in [7, 11) is 0. The van der Waals surface area contributed by atoms with Gasteiger partial charge in [0.05, 0.1) is 13.0 Å². The van der Waals surface area contributed by atoms with Gasteiger partial charge in [-0.05, 0) is 6.42 Å². The summed E-state index contributed by atoms with van der Waals surface area (Å²) in [4.78, 5) is 10.8. The Morgan fingerprint density at radius 2 is 2.36 bits per heavy atom. The lowest BCUT2D eigenvalue weighted by molar-refractivity contribution is -0.143. The Hall–Kier alpha value is -0.970. The van der Waals surface area contributed by atoms with Crippen molar-refractivity contribution in [1.82, 2.24) is 0 Å². The molecule has 2 heteroatoms. The monoisotopic (exact) mass is 154 g/mol. The standard InChI is InChI=1S/C9H14O2/c1-3-5-7-9(10)11-8-6-4-2/h1H,4-8H2,2H3. The molecule has 62 valence electrons. The van der Waals surface area contributed by atoms with Crippen LogP contribution in [0.15, 0.2) is 0 Å². The molecule has 0 amide bonds. The maximum Gasteiger partial charge on any atom is 0.306 e. The van der Waals surface area contributed by atoms with Crippen molar-refractivity contribution in [2.45, 2.75) is 32.6 Å². The molecular weight excluding hydrogens is 140 g/mol. The fourth-order valence-corrected chi connectivity index (χ4v) is 0.577. The largest absolute Gasteiger partial charge is 0.466 e. The Labute approximate surface area is 67.9 Å². The van der Waals surface area contributed by atoms with Crippen molar-refractivity contribution in [2.75, 3.05) is 6.61 Å². The van der Waals surface area contributed by atoms with Crippen LogP contribution in [0.2, 0.25) is 0 Å². The van der Waals surface area contributed by atoms with Gasteiger partial charge in [0.25, 0.3) is 0 Å². The molecule has 0 N–H and O–H groups in total. The van der Waals surface area contributed by atoms with Gasteiger partial charge in [0, 0.05) is 6.42 Å². The molecule has 11 heavy (non-hydrogen) atoms. The van der Waals surface area contributed by atoms with E-state index < -0.39 is 0 Å². The lowest BCUT2D eigenvalue weighted by Crippen LogP contribution is -2.04. The number of esters is 1. The summed E-state index contributed by atoms with van der Waals surface area (Å²) in [5, 5.41) is 0. The normalized spacial score (nSPS) is 8.73. The van der Waals surface area contributed by atoms with Crippen LogP contribution < -0.4 is 0 Å². The highest BCUT2D eigenvalue weighted by molar-refractivity contribution is 5.69. The highest BCUT2D eigenvalue weighted by Gasteiger charge is 1.98. The van der Waals surface area contributed by atoms with Crippen molar-refractivity contribution in [3.63, 3.8) is 0 Å². The number of rotatable bonds is 5. The molecule has 0 rings (SSSR count). The van der Waals surface area contributed by atoms with E-state index in [-0.39, 0.29) is 5.97 Å². The molecule has 0 aromatic carbocycles. The predicted molar refractivity (Wildman–Crippen MR) is 43.9 cm³/mol. The Balaban J connectivity index is 3.17. The summed E-state index contributed by atoms with van der Waals surface area (Å²) in [5.41, 5.74) is 0. The van der Waals surface area contributed by atoms with Crippen molar-refractivity contribution in [1.29, 1.82) is 0 Å². The van der Waals surface area contributed by atoms with E-state index in [0.29, 0.717) is 19.4 Å². The molecule has 0 aliphatic heterocycles. The second-order valence-corrected chi connectivity index (χ2v) is 2.28. The van der Waals surface area contributed by atoms with E-state index in [9.17, 15) is 4.79 Å². The van der Waals surface area contributed by atoms with Crippen molar-refractivity contribution in [2.24, 2.45) is 0 Å². The maximum absolute atomic E-state index is 10.8. The molecule has 0 spiro atoms. The number of terminal acetylenes is 1. The first-order valence-electron chi connectivity index (χ1n) is 3.90. The lowest BCUT2D eigenvalue weighted by Gasteiger charge is -2.00. The van der Waals surface area contributed by atoms with Crippen molar-refractivity contribution in [3.8, 4) is 12.3 Å². The van der Waals surface area contributed by atoms with Crippen LogP contribution >= 0.6 is 0 Å². The van der Waals surface area contributed by atoms with Crippen LogP contribution in [0.5, 0.6) is 0 Å². The van der Waals surface area contributed by atoms with Gasteiger partial charge in [0.2, 0.25) is 0 Å². The number of carbonyl (C=O) groups is 1. The summed E-state index contributed by atoms with van der Waals surface area (Å²) < 4.78 is 4.85.